The number of carbonyl (C=O) groups is 2. The summed E-state index contributed by atoms with van der Waals surface area (Å²) in [7, 11) is -3.32. The molecule has 3 fully saturated rings. The standard InChI is InChI=1S/C24H28N4O5S/c29-22(28-12-10-25-23(30)24(15-33-16-24)26-11-13-28)18-6-4-17(5-7-18)19-2-1-3-20(14-19)27-34(31,32)21-8-9-21/h1-7,14,21,26-27H,8-13,15-16H2,(H,25,30). The van der Waals surface area contributed by atoms with E-state index in [1.807, 2.05) is 24.3 Å². The van der Waals surface area contributed by atoms with Gasteiger partial charge < -0.3 is 15.0 Å². The normalized spacial score (nSPS) is 20.5. The molecule has 0 aromatic heterocycles. The minimum absolute atomic E-state index is 0.0842. The molecule has 5 rings (SSSR count). The van der Waals surface area contributed by atoms with Crippen molar-refractivity contribution in [3.05, 3.63) is 54.1 Å². The third-order valence-corrected chi connectivity index (χ3v) is 8.35. The van der Waals surface area contributed by atoms with Crippen LogP contribution in [0.5, 0.6) is 0 Å². The van der Waals surface area contributed by atoms with E-state index in [0.717, 1.165) is 11.1 Å². The summed E-state index contributed by atoms with van der Waals surface area (Å²) in [4.78, 5) is 27.2. The molecule has 0 radical (unpaired) electrons. The zero-order chi connectivity index (χ0) is 23.8. The zero-order valence-corrected chi connectivity index (χ0v) is 19.6. The van der Waals surface area contributed by atoms with Crippen molar-refractivity contribution in [3.8, 4) is 11.1 Å². The molecule has 1 spiro atoms. The van der Waals surface area contributed by atoms with Crippen LogP contribution in [-0.4, -0.2) is 75.3 Å². The first-order valence-corrected chi connectivity index (χ1v) is 13.0. The lowest BCUT2D eigenvalue weighted by atomic mass is 9.96. The second-order valence-corrected chi connectivity index (χ2v) is 11.0. The van der Waals surface area contributed by atoms with Gasteiger partial charge in [-0.05, 0) is 48.2 Å². The molecule has 10 heteroatoms. The van der Waals surface area contributed by atoms with Crippen LogP contribution in [0.25, 0.3) is 11.1 Å². The average molecular weight is 485 g/mol. The molecule has 3 N–H and O–H groups in total. The molecule has 180 valence electrons. The van der Waals surface area contributed by atoms with Crippen LogP contribution in [0.2, 0.25) is 0 Å². The molecule has 1 saturated carbocycles. The number of hydrogen-bond acceptors (Lipinski definition) is 6. The van der Waals surface area contributed by atoms with Crippen LogP contribution >= 0.6 is 0 Å². The Morgan fingerprint density at radius 2 is 1.76 bits per heavy atom. The van der Waals surface area contributed by atoms with Gasteiger partial charge in [0.2, 0.25) is 15.9 Å². The highest BCUT2D eigenvalue weighted by Crippen LogP contribution is 2.31. The minimum atomic E-state index is -3.32. The van der Waals surface area contributed by atoms with Gasteiger partial charge in [-0.15, -0.1) is 0 Å². The maximum Gasteiger partial charge on any atom is 0.253 e. The molecule has 0 atom stereocenters. The van der Waals surface area contributed by atoms with Crippen LogP contribution in [0, 0.1) is 0 Å². The Morgan fingerprint density at radius 3 is 2.44 bits per heavy atom. The molecular formula is C24H28N4O5S. The maximum absolute atomic E-state index is 13.1. The first kappa shape index (κ1) is 22.8. The zero-order valence-electron chi connectivity index (χ0n) is 18.7. The van der Waals surface area contributed by atoms with E-state index in [4.69, 9.17) is 4.74 Å². The summed E-state index contributed by atoms with van der Waals surface area (Å²) in [5.74, 6) is -0.187. The average Bonchev–Trinajstić information content (AvgIpc) is 3.64. The lowest BCUT2D eigenvalue weighted by Gasteiger charge is -2.40. The van der Waals surface area contributed by atoms with Gasteiger partial charge in [-0.3, -0.25) is 19.6 Å². The summed E-state index contributed by atoms with van der Waals surface area (Å²) in [6.45, 7) is 2.49. The van der Waals surface area contributed by atoms with Gasteiger partial charge >= 0.3 is 0 Å². The molecule has 1 aliphatic carbocycles. The number of nitrogens with zero attached hydrogens (tertiary/aromatic N) is 1. The quantitative estimate of drug-likeness (QED) is 0.587. The fraction of sp³-hybridized carbons (Fsp3) is 0.417. The summed E-state index contributed by atoms with van der Waals surface area (Å²) in [6, 6.07) is 14.5. The van der Waals surface area contributed by atoms with Crippen LogP contribution in [0.1, 0.15) is 23.2 Å². The predicted octanol–water partition coefficient (Wildman–Crippen LogP) is 1.19. The highest BCUT2D eigenvalue weighted by atomic mass is 32.2. The van der Waals surface area contributed by atoms with E-state index < -0.39 is 15.6 Å². The fourth-order valence-corrected chi connectivity index (χ4v) is 5.59. The number of hydrogen-bond donors (Lipinski definition) is 3. The van der Waals surface area contributed by atoms with Crippen LogP contribution in [0.15, 0.2) is 48.5 Å². The molecule has 2 aromatic rings. The highest BCUT2D eigenvalue weighted by molar-refractivity contribution is 7.93. The number of nitrogens with one attached hydrogen (secondary N) is 3. The molecule has 0 bridgehead atoms. The molecule has 2 amide bonds. The van der Waals surface area contributed by atoms with Crippen molar-refractivity contribution < 1.29 is 22.7 Å². The lowest BCUT2D eigenvalue weighted by Crippen LogP contribution is -2.69. The Hall–Kier alpha value is -2.95. The second kappa shape index (κ2) is 9.01. The Morgan fingerprint density at radius 1 is 1.03 bits per heavy atom. The number of carbonyl (C=O) groups excluding carboxylic acids is 2. The van der Waals surface area contributed by atoms with Crippen LogP contribution < -0.4 is 15.4 Å². The smallest absolute Gasteiger partial charge is 0.253 e. The van der Waals surface area contributed by atoms with E-state index in [9.17, 15) is 18.0 Å². The molecular weight excluding hydrogens is 456 g/mol. The second-order valence-electron chi connectivity index (χ2n) is 9.05. The van der Waals surface area contributed by atoms with Crippen LogP contribution in [0.4, 0.5) is 5.69 Å². The predicted molar refractivity (Wildman–Crippen MR) is 128 cm³/mol. The summed E-state index contributed by atoms with van der Waals surface area (Å²) in [5, 5.41) is 5.85. The van der Waals surface area contributed by atoms with Gasteiger partial charge in [-0.25, -0.2) is 8.42 Å². The minimum Gasteiger partial charge on any atom is -0.376 e. The Bertz CT molecular complexity index is 1190. The fourth-order valence-electron chi connectivity index (χ4n) is 4.21. The molecule has 2 saturated heterocycles. The van der Waals surface area contributed by atoms with E-state index in [1.165, 1.54) is 0 Å². The number of anilines is 1. The lowest BCUT2D eigenvalue weighted by molar-refractivity contribution is -0.147. The van der Waals surface area contributed by atoms with E-state index in [0.29, 0.717) is 63.5 Å². The first-order chi connectivity index (χ1) is 16.4. The topological polar surface area (TPSA) is 117 Å². The third-order valence-electron chi connectivity index (χ3n) is 6.48. The van der Waals surface area contributed by atoms with Gasteiger partial charge in [0.1, 0.15) is 5.54 Å². The summed E-state index contributed by atoms with van der Waals surface area (Å²) >= 11 is 0. The van der Waals surface area contributed by atoms with Crippen LogP contribution in [-0.2, 0) is 19.6 Å². The molecule has 34 heavy (non-hydrogen) atoms. The summed E-state index contributed by atoms with van der Waals surface area (Å²) < 4.78 is 32.4. The van der Waals surface area contributed by atoms with Gasteiger partial charge in [-0.1, -0.05) is 24.3 Å². The molecule has 2 aromatic carbocycles. The monoisotopic (exact) mass is 484 g/mol. The van der Waals surface area contributed by atoms with Gasteiger partial charge in [0.05, 0.1) is 18.5 Å². The van der Waals surface area contributed by atoms with E-state index in [2.05, 4.69) is 15.4 Å². The van der Waals surface area contributed by atoms with Crippen molar-refractivity contribution in [1.82, 2.24) is 15.5 Å². The van der Waals surface area contributed by atoms with Gasteiger partial charge in [0, 0.05) is 37.4 Å². The van der Waals surface area contributed by atoms with E-state index >= 15 is 0 Å². The molecule has 0 unspecified atom stereocenters. The number of rotatable bonds is 5. The van der Waals surface area contributed by atoms with Gasteiger partial charge in [0.25, 0.3) is 5.91 Å². The van der Waals surface area contributed by atoms with E-state index in [-0.39, 0.29) is 17.1 Å². The van der Waals surface area contributed by atoms with Gasteiger partial charge in [-0.2, -0.15) is 0 Å². The molecule has 9 nitrogen and oxygen atoms in total. The SMILES string of the molecule is O=C(c1ccc(-c2cccc(NS(=O)(=O)C3CC3)c2)cc1)N1CCNC(=O)C2(COC2)NCC1. The summed E-state index contributed by atoms with van der Waals surface area (Å²) in [5.41, 5.74) is 2.15. The van der Waals surface area contributed by atoms with Crippen molar-refractivity contribution in [2.24, 2.45) is 0 Å². The number of ether oxygens (including phenoxy) is 1. The Labute approximate surface area is 198 Å². The largest absolute Gasteiger partial charge is 0.376 e. The van der Waals surface area contributed by atoms with Crippen LogP contribution in [0.3, 0.4) is 0 Å². The number of benzene rings is 2. The van der Waals surface area contributed by atoms with Crippen molar-refractivity contribution in [2.75, 3.05) is 44.1 Å². The van der Waals surface area contributed by atoms with Crippen molar-refractivity contribution in [2.45, 2.75) is 23.6 Å². The maximum atomic E-state index is 13.1. The van der Waals surface area contributed by atoms with Crippen molar-refractivity contribution in [3.63, 3.8) is 0 Å². The molecule has 3 aliphatic rings. The number of sulfonamides is 1. The van der Waals surface area contributed by atoms with Gasteiger partial charge in [0.15, 0.2) is 0 Å². The Kier molecular flexibility index (Phi) is 6.05. The van der Waals surface area contributed by atoms with Crippen molar-refractivity contribution in [1.29, 1.82) is 0 Å². The highest BCUT2D eigenvalue weighted by Gasteiger charge is 2.45. The van der Waals surface area contributed by atoms with E-state index in [1.54, 1.807) is 29.2 Å². The first-order valence-electron chi connectivity index (χ1n) is 11.5. The summed E-state index contributed by atoms with van der Waals surface area (Å²) in [6.07, 6.45) is 1.42. The number of amides is 2. The molecule has 2 aliphatic heterocycles. The third kappa shape index (κ3) is 4.66. The molecule has 2 heterocycles. The van der Waals surface area contributed by atoms with Crippen molar-refractivity contribution >= 4 is 27.5 Å². The Balaban J connectivity index is 1.26.